The minimum Gasteiger partial charge on any atom is -0.871 e. The summed E-state index contributed by atoms with van der Waals surface area (Å²) in [6.07, 6.45) is 0. The third kappa shape index (κ3) is 6.18. The molecule has 0 fully saturated rings. The minimum atomic E-state index is -4.86. The van der Waals surface area contributed by atoms with Gasteiger partial charge in [-0.2, -0.15) is 14.2 Å². The number of nitro groups is 1. The molecule has 13 nitrogen and oxygen atoms in total. The van der Waals surface area contributed by atoms with E-state index in [1.807, 2.05) is 0 Å². The van der Waals surface area contributed by atoms with Crippen molar-refractivity contribution in [2.45, 2.75) is 9.79 Å². The predicted octanol–water partition coefficient (Wildman–Crippen LogP) is -2.19. The van der Waals surface area contributed by atoms with Crippen LogP contribution in [0.5, 0.6) is 11.5 Å². The van der Waals surface area contributed by atoms with E-state index in [1.165, 1.54) is 18.2 Å². The van der Waals surface area contributed by atoms with Gasteiger partial charge in [0.25, 0.3) is 5.69 Å². The number of phenols is 1. The fraction of sp³-hybridized carbons (Fsp3) is 0. The molecule has 180 valence electrons. The van der Waals surface area contributed by atoms with Crippen molar-refractivity contribution in [2.75, 3.05) is 0 Å². The largest absolute Gasteiger partial charge is 1.00 e. The van der Waals surface area contributed by atoms with Crippen LogP contribution in [0.3, 0.4) is 0 Å². The van der Waals surface area contributed by atoms with Gasteiger partial charge in [-0.05, 0) is 33.2 Å². The fourth-order valence-corrected chi connectivity index (χ4v) is 4.89. The van der Waals surface area contributed by atoms with Gasteiger partial charge in [-0.1, -0.05) is 23.9 Å². The second-order valence-electron chi connectivity index (χ2n) is 7.15. The Bertz CT molecular complexity index is 1740. The third-order valence-corrected chi connectivity index (χ3v) is 6.82. The summed E-state index contributed by atoms with van der Waals surface area (Å²) in [6.45, 7) is 0. The van der Waals surface area contributed by atoms with E-state index in [0.717, 1.165) is 30.3 Å². The van der Waals surface area contributed by atoms with Crippen molar-refractivity contribution in [2.24, 2.45) is 10.2 Å². The average Bonchev–Trinajstić information content (AvgIpc) is 2.77. The maximum atomic E-state index is 12.8. The molecule has 0 heterocycles. The van der Waals surface area contributed by atoms with E-state index in [4.69, 9.17) is 0 Å². The molecule has 0 atom stereocenters. The second kappa shape index (κ2) is 11.4. The molecule has 0 aliphatic carbocycles. The first kappa shape index (κ1) is 31.2. The number of benzene rings is 4. The molecular weight excluding hydrogens is 552 g/mol. The molecular formula is C20H12N3Na2O10S2+. The molecule has 0 aliphatic heterocycles. The molecule has 0 spiro atoms. The fourth-order valence-electron chi connectivity index (χ4n) is 3.48. The van der Waals surface area contributed by atoms with E-state index in [2.05, 4.69) is 10.2 Å². The van der Waals surface area contributed by atoms with Crippen LogP contribution in [0.15, 0.2) is 74.6 Å². The summed E-state index contributed by atoms with van der Waals surface area (Å²) in [5.41, 5.74) is -1.11. The number of hydrogen-bond acceptors (Lipinski definition) is 10. The number of phenolic OH excluding ortho intramolecular Hbond substituents is 1. The standard InChI is InChI=1S/C20H13N3O10S2.2Na/c24-16-9-18(35(31,32)33)14-8-10(23(26)27)4-5-12(14)19(16)22-21-15-7-6-11-13(20(15)25)2-1-3-17(11)34(28,29)30;;/h1-9H,(H4-,21,22,24,25,28,29,30,31,32,33);;/q;2*+1/p-1. The predicted molar refractivity (Wildman–Crippen MR) is 119 cm³/mol. The smallest absolute Gasteiger partial charge is 0.871 e. The number of hydrogen-bond donors (Lipinski definition) is 3. The van der Waals surface area contributed by atoms with E-state index < -0.39 is 52.5 Å². The first-order chi connectivity index (χ1) is 16.3. The molecule has 0 radical (unpaired) electrons. The van der Waals surface area contributed by atoms with Gasteiger partial charge in [0.05, 0.1) is 20.9 Å². The molecule has 37 heavy (non-hydrogen) atoms. The van der Waals surface area contributed by atoms with Crippen molar-refractivity contribution in [1.82, 2.24) is 0 Å². The van der Waals surface area contributed by atoms with E-state index in [1.54, 1.807) is 0 Å². The quantitative estimate of drug-likeness (QED) is 0.0592. The van der Waals surface area contributed by atoms with Crippen LogP contribution >= 0.6 is 0 Å². The van der Waals surface area contributed by atoms with Crippen LogP contribution in [0, 0.1) is 10.1 Å². The Morgan fingerprint density at radius 2 is 1.54 bits per heavy atom. The van der Waals surface area contributed by atoms with Crippen molar-refractivity contribution in [3.05, 3.63) is 64.7 Å². The summed E-state index contributed by atoms with van der Waals surface area (Å²) < 4.78 is 65.4. The van der Waals surface area contributed by atoms with Crippen LogP contribution in [0.25, 0.3) is 21.5 Å². The van der Waals surface area contributed by atoms with Crippen molar-refractivity contribution in [3.63, 3.8) is 0 Å². The summed E-state index contributed by atoms with van der Waals surface area (Å²) in [4.78, 5) is 9.06. The third-order valence-electron chi connectivity index (χ3n) is 5.01. The average molecular weight is 564 g/mol. The van der Waals surface area contributed by atoms with Gasteiger partial charge in [0.1, 0.15) is 21.6 Å². The van der Waals surface area contributed by atoms with Gasteiger partial charge >= 0.3 is 69.6 Å². The van der Waals surface area contributed by atoms with Crippen molar-refractivity contribution in [1.29, 1.82) is 0 Å². The van der Waals surface area contributed by atoms with Gasteiger partial charge in [-0.25, -0.2) is 8.42 Å². The SMILES string of the molecule is O=[N+]([O-])c1ccc2c(N=Nc3ccc4c(S(=O)(=O)[O-])cccc4c3[O-])c(O)cc([S+](=O)(O)O)c2c1.[Na+].[Na+]. The van der Waals surface area contributed by atoms with Crippen molar-refractivity contribution < 1.29 is 101 Å². The van der Waals surface area contributed by atoms with Gasteiger partial charge in [0.15, 0.2) is 0 Å². The first-order valence-electron chi connectivity index (χ1n) is 9.32. The van der Waals surface area contributed by atoms with Crippen molar-refractivity contribution in [3.8, 4) is 11.5 Å². The zero-order valence-electron chi connectivity index (χ0n) is 19.1. The summed E-state index contributed by atoms with van der Waals surface area (Å²) in [7, 11) is -9.51. The number of fused-ring (bicyclic) bond motifs is 2. The minimum absolute atomic E-state index is 0. The topological polar surface area (TPSA) is 226 Å². The monoisotopic (exact) mass is 564 g/mol. The molecule has 4 aromatic rings. The zero-order chi connectivity index (χ0) is 25.7. The molecule has 0 unspecified atom stereocenters. The number of rotatable bonds is 5. The van der Waals surface area contributed by atoms with Gasteiger partial charge < -0.3 is 14.8 Å². The van der Waals surface area contributed by atoms with E-state index >= 15 is 0 Å². The van der Waals surface area contributed by atoms with Crippen LogP contribution in [0.4, 0.5) is 17.1 Å². The van der Waals surface area contributed by atoms with Gasteiger partial charge in [0, 0.05) is 23.6 Å². The molecule has 4 aromatic carbocycles. The Morgan fingerprint density at radius 3 is 2.14 bits per heavy atom. The molecule has 0 saturated carbocycles. The van der Waals surface area contributed by atoms with Crippen LogP contribution in [0.1, 0.15) is 0 Å². The Morgan fingerprint density at radius 1 is 0.892 bits per heavy atom. The number of azo groups is 1. The molecule has 0 saturated heterocycles. The Hall–Kier alpha value is -2.02. The summed E-state index contributed by atoms with van der Waals surface area (Å²) in [6, 6.07) is 9.56. The van der Waals surface area contributed by atoms with E-state index in [9.17, 15) is 46.6 Å². The van der Waals surface area contributed by atoms with Gasteiger partial charge in [-0.3, -0.25) is 10.1 Å². The van der Waals surface area contributed by atoms with Gasteiger partial charge in [-0.15, -0.1) is 5.11 Å². The van der Waals surface area contributed by atoms with Crippen LogP contribution in [-0.4, -0.2) is 32.1 Å². The maximum absolute atomic E-state index is 12.8. The van der Waals surface area contributed by atoms with Crippen molar-refractivity contribution >= 4 is 59.2 Å². The normalized spacial score (nSPS) is 11.9. The Labute approximate surface area is 253 Å². The maximum Gasteiger partial charge on any atom is 1.00 e. The zero-order valence-corrected chi connectivity index (χ0v) is 24.7. The number of non-ortho nitro benzene ring substituents is 1. The van der Waals surface area contributed by atoms with Crippen LogP contribution < -0.4 is 64.2 Å². The Kier molecular flexibility index (Phi) is 9.60. The molecule has 4 rings (SSSR count). The molecule has 0 aromatic heterocycles. The van der Waals surface area contributed by atoms with Crippen LogP contribution in [0.2, 0.25) is 0 Å². The number of aromatic hydroxyl groups is 1. The molecule has 0 bridgehead atoms. The molecule has 0 aliphatic rings. The van der Waals surface area contributed by atoms with E-state index in [-0.39, 0.29) is 92.0 Å². The molecule has 17 heteroatoms. The first-order valence-corrected chi connectivity index (χ1v) is 12.2. The summed E-state index contributed by atoms with van der Waals surface area (Å²) in [5, 5.41) is 41.2. The number of nitrogens with zero attached hydrogens (tertiary/aromatic N) is 3. The van der Waals surface area contributed by atoms with E-state index in [0.29, 0.717) is 6.07 Å². The van der Waals surface area contributed by atoms with Gasteiger partial charge in [0.2, 0.25) is 4.90 Å². The summed E-state index contributed by atoms with van der Waals surface area (Å²) in [5.74, 6) is -1.50. The second-order valence-corrected chi connectivity index (χ2v) is 9.93. The number of nitro benzene ring substituents is 1. The molecule has 0 amide bonds. The molecule has 3 N–H and O–H groups in total. The van der Waals surface area contributed by atoms with Crippen LogP contribution in [-0.2, 0) is 24.8 Å². The Balaban J connectivity index is 0.00000241. The summed E-state index contributed by atoms with van der Waals surface area (Å²) >= 11 is 0.